The molecule has 0 aliphatic heterocycles. The highest BCUT2D eigenvalue weighted by molar-refractivity contribution is 7.86. The second-order valence-electron chi connectivity index (χ2n) is 6.98. The Labute approximate surface area is 193 Å². The molecule has 184 valence electrons. The lowest BCUT2D eigenvalue weighted by Crippen LogP contribution is -2.26. The minimum Gasteiger partial charge on any atom is -0.489 e. The van der Waals surface area contributed by atoms with E-state index in [1.807, 2.05) is 5.32 Å². The maximum Gasteiger partial charge on any atom is 0.404 e. The van der Waals surface area contributed by atoms with Crippen molar-refractivity contribution in [1.29, 1.82) is 0 Å². The number of hydrogen-bond donors (Lipinski definition) is 3. The van der Waals surface area contributed by atoms with Crippen LogP contribution in [0.5, 0.6) is 0 Å². The third-order valence-electron chi connectivity index (χ3n) is 4.97. The third kappa shape index (κ3) is 5.12. The molecule has 0 heterocycles. The lowest BCUT2D eigenvalue weighted by molar-refractivity contribution is 0.0828. The number of carbonyl (C=O) groups is 3. The van der Waals surface area contributed by atoms with E-state index >= 15 is 0 Å². The van der Waals surface area contributed by atoms with Crippen LogP contribution in [-0.2, 0) is 36.8 Å². The molecule has 1 amide bonds. The fourth-order valence-electron chi connectivity index (χ4n) is 3.78. The first kappa shape index (κ1) is 26.6. The normalized spacial score (nSPS) is 18.7. The number of rotatable bonds is 6. The zero-order chi connectivity index (χ0) is 25.8. The molecule has 2 aliphatic rings. The van der Waals surface area contributed by atoms with Crippen molar-refractivity contribution < 1.29 is 46.7 Å². The minimum atomic E-state index is -3.92. The molecule has 1 aromatic rings. The van der Waals surface area contributed by atoms with Crippen molar-refractivity contribution in [3.8, 4) is 0 Å². The van der Waals surface area contributed by atoms with Gasteiger partial charge in [0.15, 0.2) is 0 Å². The topological polar surface area (TPSA) is 214 Å². The minimum absolute atomic E-state index is 0.0161. The number of benzene rings is 1. The fourth-order valence-corrected chi connectivity index (χ4v) is 4.40. The van der Waals surface area contributed by atoms with Crippen molar-refractivity contribution in [2.24, 2.45) is 5.11 Å². The van der Waals surface area contributed by atoms with Gasteiger partial charge in [-0.15, -0.1) is 0 Å². The molecule has 2 atom stereocenters. The molecular weight excluding hydrogens is 476 g/mol. The first-order valence-corrected chi connectivity index (χ1v) is 11.3. The molecule has 1 aromatic carbocycles. The summed E-state index contributed by atoms with van der Waals surface area (Å²) in [6.07, 6.45) is -1.41. The number of fused-ring (bicyclic) bond motifs is 3. The predicted molar refractivity (Wildman–Crippen MR) is 114 cm³/mol. The molecule has 14 nitrogen and oxygen atoms in total. The van der Waals surface area contributed by atoms with Crippen molar-refractivity contribution in [3.63, 3.8) is 0 Å². The van der Waals surface area contributed by atoms with Gasteiger partial charge in [0, 0.05) is 29.5 Å². The summed E-state index contributed by atoms with van der Waals surface area (Å²) in [6.45, 7) is -0.538. The Bertz CT molecular complexity index is 1220. The molecule has 3 N–H and O–H groups in total. The van der Waals surface area contributed by atoms with Crippen molar-refractivity contribution in [2.75, 3.05) is 27.5 Å². The summed E-state index contributed by atoms with van der Waals surface area (Å²) in [6, 6.07) is 0.196. The van der Waals surface area contributed by atoms with Gasteiger partial charge in [-0.2, -0.15) is 8.42 Å². The van der Waals surface area contributed by atoms with E-state index in [1.54, 1.807) is 0 Å². The van der Waals surface area contributed by atoms with Crippen LogP contribution >= 0.6 is 0 Å². The predicted octanol–water partition coefficient (Wildman–Crippen LogP) is 1.20. The van der Waals surface area contributed by atoms with Crippen molar-refractivity contribution in [3.05, 3.63) is 55.8 Å². The van der Waals surface area contributed by atoms with E-state index in [9.17, 15) is 27.9 Å². The maximum absolute atomic E-state index is 13.0. The molecule has 2 unspecified atom stereocenters. The van der Waals surface area contributed by atoms with Crippen molar-refractivity contribution in [1.82, 2.24) is 5.32 Å². The van der Waals surface area contributed by atoms with Gasteiger partial charge in [0.1, 0.15) is 0 Å². The first-order valence-electron chi connectivity index (χ1n) is 9.49. The molecule has 0 saturated heterocycles. The van der Waals surface area contributed by atoms with E-state index in [0.29, 0.717) is 0 Å². The van der Waals surface area contributed by atoms with Crippen LogP contribution in [0.4, 0.5) is 4.79 Å². The van der Waals surface area contributed by atoms with Crippen LogP contribution in [0.3, 0.4) is 0 Å². The molecule has 0 spiro atoms. The quantitative estimate of drug-likeness (QED) is 0.220. The van der Waals surface area contributed by atoms with Crippen LogP contribution in [0.1, 0.15) is 43.4 Å². The zero-order valence-electron chi connectivity index (χ0n) is 18.6. The number of methoxy groups -OCH3 is 2. The first-order chi connectivity index (χ1) is 15.9. The molecule has 0 aromatic heterocycles. The molecule has 3 rings (SSSR count). The summed E-state index contributed by atoms with van der Waals surface area (Å²) in [4.78, 5) is 37.9. The third-order valence-corrected chi connectivity index (χ3v) is 5.57. The monoisotopic (exact) mass is 498 g/mol. The number of carbonyl (C=O) groups excluding carboxylic acids is 2. The summed E-state index contributed by atoms with van der Waals surface area (Å²) in [7, 11) is -0.138. The SMILES string of the molecule is CNC(=O)O.COC1=C(OC)C(=O)c2c(cc(CO)c3c2CC(OS(C)(=O)=O)C3N=[N+]=[N-])C1=O. The van der Waals surface area contributed by atoms with Gasteiger partial charge in [-0.25, -0.2) is 4.79 Å². The lowest BCUT2D eigenvalue weighted by Gasteiger charge is -2.23. The number of allylic oxidation sites excluding steroid dienone is 2. The highest BCUT2D eigenvalue weighted by Gasteiger charge is 2.44. The number of ketones is 2. The van der Waals surface area contributed by atoms with Crippen LogP contribution in [0.2, 0.25) is 0 Å². The Morgan fingerprint density at radius 3 is 2.26 bits per heavy atom. The molecule has 0 saturated carbocycles. The van der Waals surface area contributed by atoms with Gasteiger partial charge < -0.3 is 25.0 Å². The number of amides is 1. The molecule has 15 heteroatoms. The van der Waals surface area contributed by atoms with Gasteiger partial charge in [0.25, 0.3) is 10.1 Å². The van der Waals surface area contributed by atoms with Gasteiger partial charge in [0.2, 0.25) is 23.1 Å². The Kier molecular flexibility index (Phi) is 8.23. The average molecular weight is 498 g/mol. The number of nitrogens with zero attached hydrogens (tertiary/aromatic N) is 3. The average Bonchev–Trinajstić information content (AvgIpc) is 3.11. The second kappa shape index (κ2) is 10.5. The van der Waals surface area contributed by atoms with Gasteiger partial charge in [-0.3, -0.25) is 13.8 Å². The summed E-state index contributed by atoms with van der Waals surface area (Å²) in [5, 5.41) is 23.0. The largest absolute Gasteiger partial charge is 0.489 e. The number of hydrogen-bond acceptors (Lipinski definition) is 10. The Morgan fingerprint density at radius 2 is 1.82 bits per heavy atom. The number of Topliss-reactive ketones (excluding diaryl/α,β-unsaturated/α-hetero) is 2. The van der Waals surface area contributed by atoms with Crippen LogP contribution < -0.4 is 5.32 Å². The summed E-state index contributed by atoms with van der Waals surface area (Å²) in [5.41, 5.74) is 9.64. The summed E-state index contributed by atoms with van der Waals surface area (Å²) < 4.78 is 38.5. The number of aliphatic hydroxyl groups is 1. The van der Waals surface area contributed by atoms with E-state index < -0.39 is 46.5 Å². The van der Waals surface area contributed by atoms with E-state index in [0.717, 1.165) is 6.26 Å². The highest BCUT2D eigenvalue weighted by Crippen LogP contribution is 2.44. The molecule has 0 fully saturated rings. The van der Waals surface area contributed by atoms with Crippen LogP contribution in [0.25, 0.3) is 10.4 Å². The molecule has 0 radical (unpaired) electrons. The van der Waals surface area contributed by atoms with E-state index in [4.69, 9.17) is 24.3 Å². The van der Waals surface area contributed by atoms with E-state index in [-0.39, 0.29) is 45.8 Å². The van der Waals surface area contributed by atoms with Gasteiger partial charge in [0.05, 0.1) is 39.2 Å². The number of aliphatic hydroxyl groups excluding tert-OH is 1. The van der Waals surface area contributed by atoms with Gasteiger partial charge in [-0.05, 0) is 28.3 Å². The Morgan fingerprint density at radius 1 is 1.26 bits per heavy atom. The summed E-state index contributed by atoms with van der Waals surface area (Å²) in [5.74, 6) is -1.83. The van der Waals surface area contributed by atoms with E-state index in [1.165, 1.54) is 27.3 Å². The Hall–Kier alpha value is -3.65. The number of azide groups is 1. The Balaban J connectivity index is 0.000000739. The number of nitrogens with one attached hydrogen (secondary N) is 1. The lowest BCUT2D eigenvalue weighted by atomic mass is 9.84. The molecule has 2 aliphatic carbocycles. The van der Waals surface area contributed by atoms with Gasteiger partial charge in [-0.1, -0.05) is 5.11 Å². The summed E-state index contributed by atoms with van der Waals surface area (Å²) >= 11 is 0. The highest BCUT2D eigenvalue weighted by atomic mass is 32.2. The number of ether oxygens (including phenoxy) is 2. The zero-order valence-corrected chi connectivity index (χ0v) is 19.4. The van der Waals surface area contributed by atoms with Crippen LogP contribution in [0.15, 0.2) is 22.7 Å². The van der Waals surface area contributed by atoms with Crippen LogP contribution in [-0.4, -0.2) is 69.9 Å². The van der Waals surface area contributed by atoms with Crippen LogP contribution in [0, 0.1) is 0 Å². The van der Waals surface area contributed by atoms with Crippen molar-refractivity contribution >= 4 is 27.8 Å². The second-order valence-corrected chi connectivity index (χ2v) is 8.58. The number of carboxylic acid groups (broad SMARTS) is 1. The molecular formula is C19H22N4O10S. The molecule has 0 bridgehead atoms. The van der Waals surface area contributed by atoms with Gasteiger partial charge >= 0.3 is 6.09 Å². The van der Waals surface area contributed by atoms with E-state index in [2.05, 4.69) is 10.0 Å². The smallest absolute Gasteiger partial charge is 0.404 e. The fraction of sp³-hybridized carbons (Fsp3) is 0.421. The van der Waals surface area contributed by atoms with Crippen molar-refractivity contribution in [2.45, 2.75) is 25.2 Å². The standard InChI is InChI=1S/C17H17N3O8S.C2H5NO2/c1-26-16-14(22)9-4-7(6-21)11-8(12(9)15(23)17(16)27-2)5-10(13(11)19-20-18)28-29(3,24)25;1-3-2(4)5/h4,10,13,21H,5-6H2,1-3H3;3H,1H3,(H,4,5). The maximum atomic E-state index is 13.0. The molecule has 34 heavy (non-hydrogen) atoms.